The number of fused-ring (bicyclic) bond motifs is 1. The smallest absolute Gasteiger partial charge is 0.339 e. The third-order valence-electron chi connectivity index (χ3n) is 16.2. The van der Waals surface area contributed by atoms with E-state index in [-0.39, 0.29) is 49.1 Å². The molecule has 55 heavy (non-hydrogen) atoms. The number of esters is 2. The number of hydrogen-bond acceptors (Lipinski definition) is 13. The minimum Gasteiger partial charge on any atom is -0.469 e. The fourth-order valence-electron chi connectivity index (χ4n) is 14.1. The van der Waals surface area contributed by atoms with E-state index in [0.717, 1.165) is 64.6 Å². The van der Waals surface area contributed by atoms with Crippen molar-refractivity contribution < 1.29 is 53.1 Å². The average Bonchev–Trinajstić information content (AvgIpc) is 3.41. The summed E-state index contributed by atoms with van der Waals surface area (Å²) < 4.78 is 32.1. The summed E-state index contributed by atoms with van der Waals surface area (Å²) in [6.07, 6.45) is 6.50. The van der Waals surface area contributed by atoms with Crippen LogP contribution in [0.4, 0.5) is 0 Å². The van der Waals surface area contributed by atoms with E-state index in [1.807, 2.05) is 19.9 Å². The van der Waals surface area contributed by atoms with Crippen LogP contribution < -0.4 is 10.6 Å². The Morgan fingerprint density at radius 1 is 1.02 bits per heavy atom. The third-order valence-corrected chi connectivity index (χ3v) is 16.2. The second-order valence-corrected chi connectivity index (χ2v) is 19.1. The van der Waals surface area contributed by atoms with Gasteiger partial charge in [0.1, 0.15) is 30.2 Å². The summed E-state index contributed by atoms with van der Waals surface area (Å²) in [5, 5.41) is 40.8. The number of carbonyl (C=O) groups excluding carboxylic acids is 3. The summed E-state index contributed by atoms with van der Waals surface area (Å²) in [7, 11) is 0. The maximum absolute atomic E-state index is 15.1. The Bertz CT molecular complexity index is 1670. The van der Waals surface area contributed by atoms with Crippen LogP contribution in [-0.4, -0.2) is 101 Å². The molecule has 5 aliphatic heterocycles. The third kappa shape index (κ3) is 5.25. The van der Waals surface area contributed by atoms with Gasteiger partial charge in [0.2, 0.25) is 0 Å². The van der Waals surface area contributed by atoms with Crippen LogP contribution in [0.5, 0.6) is 0 Å². The molecule has 13 nitrogen and oxygen atoms in total. The molecule has 1 aromatic heterocycles. The first kappa shape index (κ1) is 38.1. The first-order chi connectivity index (χ1) is 26.4. The average molecular weight is 769 g/mol. The normalized spacial score (nSPS) is 44.3. The Morgan fingerprint density at radius 3 is 2.56 bits per heavy atom. The molecule has 3 aliphatic carbocycles. The standard InChI is InChI=1S/C42H60N2O11/c1-38(2)33-32(48)34(49)41(24-10-5-4-6-11-24)29(40(33)21-52-31(47)18-30(40)54-38)13-15-39(3)35(53-37(50)36-42(39,41)55-36)26-14-16-51-28(26)17-23(27(46)20-45)9-7-8-12-25-19-43-22-44-25/h14,16,23-25,27,29-30,33-36,43-46,49H,4-13,15,17-22H2,1-3H3/t23-,25-,27+,29+,30-,33+,34+,35-,36+,39-,40-,41-,42+/m0/s1. The van der Waals surface area contributed by atoms with Gasteiger partial charge in [0.05, 0.1) is 43.0 Å². The Morgan fingerprint density at radius 2 is 1.82 bits per heavy atom. The lowest BCUT2D eigenvalue weighted by Crippen LogP contribution is -2.79. The SMILES string of the molecule is CC1(C)O[C@H]2CC(=O)OC[C@@]23[C@@H]1C(=O)[C@@H](O)[C@]1(C2CCCCC2)[C@@H]3CC[C@@]2(C)[C@H](c3ccoc3C[C@H](CCCC[C@H]3CNCN3)[C@H](O)CO)OC(=O)[C@H]3O[C@@]312. The van der Waals surface area contributed by atoms with Crippen molar-refractivity contribution in [1.29, 1.82) is 0 Å². The number of rotatable bonds is 11. The summed E-state index contributed by atoms with van der Waals surface area (Å²) >= 11 is 0. The molecule has 13 heteroatoms. The number of unbranched alkanes of at least 4 members (excludes halogenated alkanes) is 1. The first-order valence-corrected chi connectivity index (χ1v) is 21.1. The molecule has 6 heterocycles. The fourth-order valence-corrected chi connectivity index (χ4v) is 14.1. The van der Waals surface area contributed by atoms with Gasteiger partial charge < -0.3 is 49.3 Å². The van der Waals surface area contributed by atoms with Crippen molar-refractivity contribution in [2.75, 3.05) is 26.4 Å². The van der Waals surface area contributed by atoms with Crippen molar-refractivity contribution in [2.24, 2.45) is 39.9 Å². The second-order valence-electron chi connectivity index (χ2n) is 19.1. The number of ether oxygens (including phenoxy) is 4. The van der Waals surface area contributed by atoms with Crippen LogP contribution >= 0.6 is 0 Å². The Hall–Kier alpha value is -2.39. The molecule has 8 fully saturated rings. The van der Waals surface area contributed by atoms with Gasteiger partial charge in [-0.25, -0.2) is 4.79 Å². The number of aliphatic hydroxyl groups excluding tert-OH is 3. The molecule has 9 rings (SSSR count). The fraction of sp³-hybridized carbons (Fsp3) is 0.833. The van der Waals surface area contributed by atoms with Gasteiger partial charge in [-0.15, -0.1) is 0 Å². The van der Waals surface area contributed by atoms with Crippen LogP contribution in [0.15, 0.2) is 16.7 Å². The molecule has 0 bridgehead atoms. The summed E-state index contributed by atoms with van der Waals surface area (Å²) in [5.41, 5.74) is -4.39. The topological polar surface area (TPSA) is 189 Å². The highest BCUT2D eigenvalue weighted by atomic mass is 16.7. The minimum absolute atomic E-state index is 0.0298. The van der Waals surface area contributed by atoms with Crippen LogP contribution in [0.1, 0.15) is 115 Å². The van der Waals surface area contributed by atoms with E-state index in [1.165, 1.54) is 0 Å². The predicted molar refractivity (Wildman–Crippen MR) is 195 cm³/mol. The van der Waals surface area contributed by atoms with Gasteiger partial charge >= 0.3 is 11.9 Å². The zero-order valence-electron chi connectivity index (χ0n) is 32.6. The van der Waals surface area contributed by atoms with Gasteiger partial charge in [0, 0.05) is 47.5 Å². The van der Waals surface area contributed by atoms with Gasteiger partial charge in [-0.3, -0.25) is 9.59 Å². The van der Waals surface area contributed by atoms with Crippen molar-refractivity contribution >= 4 is 17.7 Å². The Labute approximate surface area is 322 Å². The van der Waals surface area contributed by atoms with E-state index >= 15 is 4.79 Å². The van der Waals surface area contributed by atoms with Crippen molar-refractivity contribution in [2.45, 2.75) is 152 Å². The van der Waals surface area contributed by atoms with Crippen molar-refractivity contribution in [3.63, 3.8) is 0 Å². The maximum atomic E-state index is 15.1. The minimum atomic E-state index is -1.42. The van der Waals surface area contributed by atoms with E-state index in [2.05, 4.69) is 17.6 Å². The molecule has 0 radical (unpaired) electrons. The number of hydrogen-bond donors (Lipinski definition) is 5. The van der Waals surface area contributed by atoms with Crippen molar-refractivity contribution in [1.82, 2.24) is 10.6 Å². The highest BCUT2D eigenvalue weighted by Gasteiger charge is 2.92. The molecule has 1 aromatic rings. The van der Waals surface area contributed by atoms with Gasteiger partial charge in [-0.1, -0.05) is 39.0 Å². The number of ketones is 1. The highest BCUT2D eigenvalue weighted by molar-refractivity contribution is 5.92. The maximum Gasteiger partial charge on any atom is 0.339 e. The number of epoxide rings is 1. The summed E-state index contributed by atoms with van der Waals surface area (Å²) in [4.78, 5) is 42.3. The van der Waals surface area contributed by atoms with Gasteiger partial charge in [-0.2, -0.15) is 0 Å². The van der Waals surface area contributed by atoms with E-state index in [4.69, 9.17) is 23.4 Å². The monoisotopic (exact) mass is 768 g/mol. The van der Waals surface area contributed by atoms with Crippen LogP contribution in [0.3, 0.4) is 0 Å². The molecule has 2 spiro atoms. The number of nitrogens with one attached hydrogen (secondary N) is 2. The van der Waals surface area contributed by atoms with Gasteiger partial charge in [-0.05, 0) is 76.2 Å². The summed E-state index contributed by atoms with van der Waals surface area (Å²) in [6.45, 7) is 7.30. The lowest BCUT2D eigenvalue weighted by atomic mass is 9.33. The van der Waals surface area contributed by atoms with Crippen LogP contribution in [0, 0.1) is 39.9 Å². The quantitative estimate of drug-likeness (QED) is 0.126. The lowest BCUT2D eigenvalue weighted by molar-refractivity contribution is -0.275. The summed E-state index contributed by atoms with van der Waals surface area (Å²) in [6, 6.07) is 2.28. The van der Waals surface area contributed by atoms with E-state index < -0.39 is 69.9 Å². The number of carbonyl (C=O) groups is 3. The number of cyclic esters (lactones) is 2. The van der Waals surface area contributed by atoms with Crippen LogP contribution in [0.2, 0.25) is 0 Å². The molecule has 5 N–H and O–H groups in total. The molecule has 5 saturated heterocycles. The summed E-state index contributed by atoms with van der Waals surface area (Å²) in [5.74, 6) is -2.01. The highest BCUT2D eigenvalue weighted by Crippen LogP contribution is 2.82. The Kier molecular flexibility index (Phi) is 9.43. The molecular formula is C42H60N2O11. The Balaban J connectivity index is 1.10. The van der Waals surface area contributed by atoms with E-state index in [1.54, 1.807) is 6.26 Å². The molecule has 0 aromatic carbocycles. The van der Waals surface area contributed by atoms with Crippen LogP contribution in [0.25, 0.3) is 0 Å². The number of aliphatic hydroxyl groups is 3. The number of furan rings is 1. The zero-order valence-corrected chi connectivity index (χ0v) is 32.6. The largest absolute Gasteiger partial charge is 0.469 e. The molecule has 13 atom stereocenters. The molecule has 8 aliphatic rings. The number of Topliss-reactive ketones (excluding diaryl/α,β-unsaturated/α-hetero) is 1. The van der Waals surface area contributed by atoms with Gasteiger partial charge in [0.15, 0.2) is 11.9 Å². The van der Waals surface area contributed by atoms with Gasteiger partial charge in [0.25, 0.3) is 0 Å². The lowest BCUT2D eigenvalue weighted by Gasteiger charge is -2.70. The molecule has 0 unspecified atom stereocenters. The molecular weight excluding hydrogens is 708 g/mol. The molecule has 0 amide bonds. The van der Waals surface area contributed by atoms with E-state index in [9.17, 15) is 24.9 Å². The zero-order chi connectivity index (χ0) is 38.5. The molecule has 3 saturated carbocycles. The van der Waals surface area contributed by atoms with Crippen LogP contribution in [-0.2, 0) is 39.8 Å². The predicted octanol–water partition coefficient (Wildman–Crippen LogP) is 3.26. The van der Waals surface area contributed by atoms with Crippen molar-refractivity contribution in [3.8, 4) is 0 Å². The first-order valence-electron chi connectivity index (χ1n) is 21.1. The van der Waals surface area contributed by atoms with Crippen molar-refractivity contribution in [3.05, 3.63) is 23.7 Å². The molecule has 304 valence electrons. The van der Waals surface area contributed by atoms with E-state index in [0.29, 0.717) is 43.0 Å². The second kappa shape index (κ2) is 13.6.